The number of hydrogen-bond donors (Lipinski definition) is 0. The standard InChI is InChI=1S/C30H52/c1-25(2)16-17-27(5)18-19-29(7)21(22(27)20-25)10-11-24-28(6)14-9-13-26(3,4)23(28)12-15-30(24,29)8/h21-24H,9-20H2,1-8H3/t21-,22-,23?,24-,27-,28+,29-,30-/m1/s1. The predicted molar refractivity (Wildman–Crippen MR) is 129 cm³/mol. The third-order valence-corrected chi connectivity index (χ3v) is 13.4. The zero-order valence-corrected chi connectivity index (χ0v) is 21.8. The van der Waals surface area contributed by atoms with Gasteiger partial charge in [0.1, 0.15) is 0 Å². The molecule has 5 aliphatic rings. The van der Waals surface area contributed by atoms with Crippen molar-refractivity contribution >= 4 is 0 Å². The second-order valence-electron chi connectivity index (χ2n) is 15.6. The van der Waals surface area contributed by atoms with E-state index in [-0.39, 0.29) is 0 Å². The quantitative estimate of drug-likeness (QED) is 0.372. The average molecular weight is 413 g/mol. The van der Waals surface area contributed by atoms with Gasteiger partial charge in [0.25, 0.3) is 0 Å². The average Bonchev–Trinajstić information content (AvgIpc) is 2.63. The van der Waals surface area contributed by atoms with E-state index < -0.39 is 0 Å². The largest absolute Gasteiger partial charge is 0.0599 e. The summed E-state index contributed by atoms with van der Waals surface area (Å²) >= 11 is 0. The molecule has 5 fully saturated rings. The summed E-state index contributed by atoms with van der Waals surface area (Å²) in [6.45, 7) is 21.4. The molecule has 8 atom stereocenters. The Kier molecular flexibility index (Phi) is 4.59. The second-order valence-corrected chi connectivity index (χ2v) is 15.6. The molecule has 0 aromatic heterocycles. The Morgan fingerprint density at radius 3 is 1.97 bits per heavy atom. The lowest BCUT2D eigenvalue weighted by atomic mass is 9.31. The maximum Gasteiger partial charge on any atom is -0.0235 e. The first kappa shape index (κ1) is 21.8. The molecule has 0 radical (unpaired) electrons. The van der Waals surface area contributed by atoms with E-state index in [9.17, 15) is 0 Å². The summed E-state index contributed by atoms with van der Waals surface area (Å²) in [4.78, 5) is 0. The van der Waals surface area contributed by atoms with Crippen LogP contribution in [0.4, 0.5) is 0 Å². The Bertz CT molecular complexity index is 701. The van der Waals surface area contributed by atoms with Gasteiger partial charge < -0.3 is 0 Å². The van der Waals surface area contributed by atoms with Gasteiger partial charge in [0.15, 0.2) is 0 Å². The molecule has 0 heteroatoms. The molecule has 0 spiro atoms. The second kappa shape index (κ2) is 6.32. The molecule has 0 saturated heterocycles. The Hall–Kier alpha value is 0. The fourth-order valence-corrected chi connectivity index (χ4v) is 11.4. The molecule has 5 aliphatic carbocycles. The zero-order valence-electron chi connectivity index (χ0n) is 21.8. The highest BCUT2D eigenvalue weighted by Gasteiger charge is 2.68. The summed E-state index contributed by atoms with van der Waals surface area (Å²) in [7, 11) is 0. The molecule has 0 bridgehead atoms. The molecule has 0 aromatic rings. The van der Waals surface area contributed by atoms with Gasteiger partial charge in [-0.2, -0.15) is 0 Å². The van der Waals surface area contributed by atoms with Crippen molar-refractivity contribution in [3.63, 3.8) is 0 Å². The lowest BCUT2D eigenvalue weighted by molar-refractivity contribution is -0.243. The molecule has 0 aromatic carbocycles. The molecule has 30 heavy (non-hydrogen) atoms. The molecule has 5 rings (SSSR count). The van der Waals surface area contributed by atoms with Crippen LogP contribution in [0.2, 0.25) is 0 Å². The molecular weight excluding hydrogens is 360 g/mol. The summed E-state index contributed by atoms with van der Waals surface area (Å²) in [5, 5.41) is 0. The van der Waals surface area contributed by atoms with Crippen LogP contribution in [0.5, 0.6) is 0 Å². The van der Waals surface area contributed by atoms with Gasteiger partial charge in [0, 0.05) is 0 Å². The van der Waals surface area contributed by atoms with Crippen LogP contribution >= 0.6 is 0 Å². The van der Waals surface area contributed by atoms with Crippen LogP contribution in [0, 0.1) is 56.2 Å². The van der Waals surface area contributed by atoms with Crippen LogP contribution in [0.15, 0.2) is 0 Å². The summed E-state index contributed by atoms with van der Waals surface area (Å²) in [6.07, 6.45) is 18.0. The van der Waals surface area contributed by atoms with Gasteiger partial charge in [-0.1, -0.05) is 61.8 Å². The van der Waals surface area contributed by atoms with E-state index in [1.165, 1.54) is 77.0 Å². The molecule has 0 aliphatic heterocycles. The van der Waals surface area contributed by atoms with Gasteiger partial charge in [-0.15, -0.1) is 0 Å². The van der Waals surface area contributed by atoms with Crippen LogP contribution in [0.3, 0.4) is 0 Å². The molecule has 5 saturated carbocycles. The van der Waals surface area contributed by atoms with Gasteiger partial charge in [-0.25, -0.2) is 0 Å². The topological polar surface area (TPSA) is 0 Å². The van der Waals surface area contributed by atoms with Gasteiger partial charge in [-0.3, -0.25) is 0 Å². The predicted octanol–water partition coefficient (Wildman–Crippen LogP) is 9.28. The van der Waals surface area contributed by atoms with E-state index in [2.05, 4.69) is 55.4 Å². The third-order valence-electron chi connectivity index (χ3n) is 13.4. The normalized spacial score (nSPS) is 56.8. The van der Waals surface area contributed by atoms with E-state index in [1.54, 1.807) is 0 Å². The lowest BCUT2D eigenvalue weighted by Crippen LogP contribution is -2.65. The Balaban J connectivity index is 1.53. The molecule has 0 N–H and O–H groups in total. The molecule has 0 amide bonds. The highest BCUT2D eigenvalue weighted by Crippen LogP contribution is 2.76. The van der Waals surface area contributed by atoms with Crippen LogP contribution in [0.25, 0.3) is 0 Å². The minimum Gasteiger partial charge on any atom is -0.0599 e. The van der Waals surface area contributed by atoms with Crippen molar-refractivity contribution in [3.05, 3.63) is 0 Å². The van der Waals surface area contributed by atoms with Crippen molar-refractivity contribution in [3.8, 4) is 0 Å². The van der Waals surface area contributed by atoms with Crippen LogP contribution in [-0.2, 0) is 0 Å². The summed E-state index contributed by atoms with van der Waals surface area (Å²) in [5.74, 6) is 3.88. The van der Waals surface area contributed by atoms with Crippen molar-refractivity contribution in [1.82, 2.24) is 0 Å². The Labute approximate surface area is 188 Å². The van der Waals surface area contributed by atoms with Crippen molar-refractivity contribution in [2.45, 2.75) is 132 Å². The number of fused-ring (bicyclic) bond motifs is 7. The first-order chi connectivity index (χ1) is 13.8. The van der Waals surface area contributed by atoms with E-state index in [1.807, 2.05) is 0 Å². The van der Waals surface area contributed by atoms with Crippen molar-refractivity contribution in [2.75, 3.05) is 0 Å². The smallest absolute Gasteiger partial charge is 0.0235 e. The monoisotopic (exact) mass is 412 g/mol. The van der Waals surface area contributed by atoms with E-state index in [0.29, 0.717) is 32.5 Å². The first-order valence-corrected chi connectivity index (χ1v) is 13.8. The Morgan fingerprint density at radius 1 is 0.533 bits per heavy atom. The van der Waals surface area contributed by atoms with Crippen LogP contribution in [-0.4, -0.2) is 0 Å². The van der Waals surface area contributed by atoms with Gasteiger partial charge in [0.2, 0.25) is 0 Å². The summed E-state index contributed by atoms with van der Waals surface area (Å²) in [5.41, 5.74) is 3.49. The van der Waals surface area contributed by atoms with Gasteiger partial charge in [-0.05, 0) is 127 Å². The van der Waals surface area contributed by atoms with E-state index >= 15 is 0 Å². The summed E-state index contributed by atoms with van der Waals surface area (Å²) < 4.78 is 0. The fourth-order valence-electron chi connectivity index (χ4n) is 11.4. The first-order valence-electron chi connectivity index (χ1n) is 13.8. The fraction of sp³-hybridized carbons (Fsp3) is 1.00. The highest BCUT2D eigenvalue weighted by molar-refractivity contribution is 5.17. The van der Waals surface area contributed by atoms with Crippen molar-refractivity contribution < 1.29 is 0 Å². The van der Waals surface area contributed by atoms with E-state index in [0.717, 1.165) is 23.7 Å². The lowest BCUT2D eigenvalue weighted by Gasteiger charge is -2.73. The van der Waals surface area contributed by atoms with Gasteiger partial charge in [0.05, 0.1) is 0 Å². The van der Waals surface area contributed by atoms with Crippen LogP contribution in [0.1, 0.15) is 132 Å². The van der Waals surface area contributed by atoms with Crippen molar-refractivity contribution in [1.29, 1.82) is 0 Å². The van der Waals surface area contributed by atoms with E-state index in [4.69, 9.17) is 0 Å². The van der Waals surface area contributed by atoms with Gasteiger partial charge >= 0.3 is 0 Å². The highest BCUT2D eigenvalue weighted by atomic mass is 14.7. The van der Waals surface area contributed by atoms with Crippen molar-refractivity contribution in [2.24, 2.45) is 56.2 Å². The Morgan fingerprint density at radius 2 is 1.23 bits per heavy atom. The maximum atomic E-state index is 2.81. The summed E-state index contributed by atoms with van der Waals surface area (Å²) in [6, 6.07) is 0. The molecule has 1 unspecified atom stereocenters. The number of rotatable bonds is 0. The minimum atomic E-state index is 0.560. The molecular formula is C30H52. The van der Waals surface area contributed by atoms with Crippen LogP contribution < -0.4 is 0 Å². The third kappa shape index (κ3) is 2.70. The zero-order chi connectivity index (χ0) is 21.8. The molecule has 0 nitrogen and oxygen atoms in total. The molecule has 172 valence electrons. The molecule has 0 heterocycles. The maximum absolute atomic E-state index is 2.81. The number of hydrogen-bond acceptors (Lipinski definition) is 0. The SMILES string of the molecule is CC1(C)CC[C@]2(C)CC[C@]3(C)[C@H](CC[C@@H]4[C@@]5(C)CCCC(C)(C)C5CC[C@]43C)[C@H]2C1. The minimum absolute atomic E-state index is 0.560.